The first-order chi connectivity index (χ1) is 8.75. The van der Waals surface area contributed by atoms with Crippen LogP contribution in [0.25, 0.3) is 0 Å². The van der Waals surface area contributed by atoms with E-state index < -0.39 is 0 Å². The van der Waals surface area contributed by atoms with Gasteiger partial charge in [-0.05, 0) is 19.8 Å². The molecule has 98 valence electrons. The highest BCUT2D eigenvalue weighted by Crippen LogP contribution is 2.29. The van der Waals surface area contributed by atoms with Gasteiger partial charge in [0.05, 0.1) is 24.4 Å². The predicted octanol–water partition coefficient (Wildman–Crippen LogP) is 1.77. The average Bonchev–Trinajstić information content (AvgIpc) is 2.84. The van der Waals surface area contributed by atoms with E-state index in [2.05, 4.69) is 5.16 Å². The van der Waals surface area contributed by atoms with Gasteiger partial charge in [0, 0.05) is 12.6 Å². The third-order valence-electron chi connectivity index (χ3n) is 3.83. The van der Waals surface area contributed by atoms with Crippen LogP contribution in [0, 0.1) is 6.92 Å². The van der Waals surface area contributed by atoms with Crippen molar-refractivity contribution in [3.63, 3.8) is 0 Å². The minimum absolute atomic E-state index is 0.0456. The molecule has 0 aromatic carbocycles. The summed E-state index contributed by atoms with van der Waals surface area (Å²) in [6, 6.07) is 1.92. The zero-order chi connectivity index (χ0) is 12.5. The molecular formula is C13H18N2O3. The van der Waals surface area contributed by atoms with Crippen LogP contribution >= 0.6 is 0 Å². The van der Waals surface area contributed by atoms with Crippen molar-refractivity contribution in [2.45, 2.75) is 44.8 Å². The first-order valence-electron chi connectivity index (χ1n) is 6.61. The number of fused-ring (bicyclic) bond motifs is 1. The molecule has 1 saturated carbocycles. The van der Waals surface area contributed by atoms with Gasteiger partial charge in [-0.25, -0.2) is 0 Å². The topological polar surface area (TPSA) is 55.6 Å². The summed E-state index contributed by atoms with van der Waals surface area (Å²) in [6.45, 7) is 3.10. The lowest BCUT2D eigenvalue weighted by atomic mass is 9.90. The van der Waals surface area contributed by atoms with E-state index in [1.54, 1.807) is 6.07 Å². The largest absolute Gasteiger partial charge is 0.374 e. The zero-order valence-corrected chi connectivity index (χ0v) is 10.6. The number of amides is 1. The van der Waals surface area contributed by atoms with Crippen molar-refractivity contribution in [3.05, 3.63) is 17.5 Å². The Bertz CT molecular complexity index is 441. The third kappa shape index (κ3) is 2.03. The second-order valence-corrected chi connectivity index (χ2v) is 5.09. The minimum atomic E-state index is -0.0456. The maximum Gasteiger partial charge on any atom is 0.292 e. The van der Waals surface area contributed by atoms with E-state index in [1.165, 1.54) is 12.8 Å². The van der Waals surface area contributed by atoms with E-state index >= 15 is 0 Å². The molecule has 1 amide bonds. The molecule has 1 aliphatic heterocycles. The van der Waals surface area contributed by atoms with Crippen LogP contribution < -0.4 is 0 Å². The Labute approximate surface area is 106 Å². The molecule has 1 aliphatic carbocycles. The van der Waals surface area contributed by atoms with Gasteiger partial charge in [-0.1, -0.05) is 18.0 Å². The Kier molecular flexibility index (Phi) is 3.07. The highest BCUT2D eigenvalue weighted by molar-refractivity contribution is 5.91. The van der Waals surface area contributed by atoms with Gasteiger partial charge in [0.15, 0.2) is 0 Å². The van der Waals surface area contributed by atoms with Crippen molar-refractivity contribution >= 4 is 5.91 Å². The molecule has 2 heterocycles. The van der Waals surface area contributed by atoms with Gasteiger partial charge in [0.25, 0.3) is 5.91 Å². The van der Waals surface area contributed by atoms with Gasteiger partial charge in [-0.2, -0.15) is 0 Å². The SMILES string of the molecule is Cc1cc(C(=O)N2CCO[C@@H]3CCCC[C@H]32)on1. The Morgan fingerprint density at radius 3 is 3.06 bits per heavy atom. The molecule has 5 nitrogen and oxygen atoms in total. The van der Waals surface area contributed by atoms with Crippen molar-refractivity contribution < 1.29 is 14.1 Å². The molecule has 0 N–H and O–H groups in total. The van der Waals surface area contributed by atoms with Crippen LogP contribution in [-0.4, -0.2) is 41.3 Å². The number of rotatable bonds is 1. The number of hydrogen-bond acceptors (Lipinski definition) is 4. The molecule has 1 aromatic heterocycles. The lowest BCUT2D eigenvalue weighted by Crippen LogP contribution is -2.54. The molecule has 0 spiro atoms. The number of hydrogen-bond donors (Lipinski definition) is 0. The second-order valence-electron chi connectivity index (χ2n) is 5.09. The predicted molar refractivity (Wildman–Crippen MR) is 64.3 cm³/mol. The molecule has 18 heavy (non-hydrogen) atoms. The number of aromatic nitrogens is 1. The van der Waals surface area contributed by atoms with Crippen molar-refractivity contribution in [2.75, 3.05) is 13.2 Å². The maximum atomic E-state index is 12.4. The van der Waals surface area contributed by atoms with Crippen molar-refractivity contribution in [1.29, 1.82) is 0 Å². The molecule has 2 atom stereocenters. The summed E-state index contributed by atoms with van der Waals surface area (Å²) in [7, 11) is 0. The van der Waals surface area contributed by atoms with Crippen molar-refractivity contribution in [3.8, 4) is 0 Å². The van der Waals surface area contributed by atoms with Crippen LogP contribution in [0.5, 0.6) is 0 Å². The first-order valence-corrected chi connectivity index (χ1v) is 6.61. The van der Waals surface area contributed by atoms with E-state index in [0.717, 1.165) is 18.5 Å². The number of morpholine rings is 1. The summed E-state index contributed by atoms with van der Waals surface area (Å²) in [4.78, 5) is 14.3. The van der Waals surface area contributed by atoms with Crippen LogP contribution in [0.4, 0.5) is 0 Å². The zero-order valence-electron chi connectivity index (χ0n) is 10.6. The molecule has 0 unspecified atom stereocenters. The Morgan fingerprint density at radius 2 is 2.28 bits per heavy atom. The summed E-state index contributed by atoms with van der Waals surface area (Å²) in [5.41, 5.74) is 0.742. The van der Waals surface area contributed by atoms with Crippen LogP contribution in [-0.2, 0) is 4.74 Å². The molecule has 1 saturated heterocycles. The van der Waals surface area contributed by atoms with E-state index in [9.17, 15) is 4.79 Å². The maximum absolute atomic E-state index is 12.4. The summed E-state index contributed by atoms with van der Waals surface area (Å²) < 4.78 is 10.8. The van der Waals surface area contributed by atoms with Gasteiger partial charge in [0.2, 0.25) is 5.76 Å². The second kappa shape index (κ2) is 4.72. The number of nitrogens with zero attached hydrogens (tertiary/aromatic N) is 2. The standard InChI is InChI=1S/C13H18N2O3/c1-9-8-12(18-14-9)13(16)15-6-7-17-11-5-3-2-4-10(11)15/h8,10-11H,2-7H2,1H3/t10-,11-/m1/s1. The fraction of sp³-hybridized carbons (Fsp3) is 0.692. The molecule has 0 radical (unpaired) electrons. The average molecular weight is 250 g/mol. The fourth-order valence-corrected chi connectivity index (χ4v) is 2.95. The summed E-state index contributed by atoms with van der Waals surface area (Å²) in [5, 5.41) is 3.78. The summed E-state index contributed by atoms with van der Waals surface area (Å²) >= 11 is 0. The van der Waals surface area contributed by atoms with E-state index in [0.29, 0.717) is 18.9 Å². The molecule has 5 heteroatoms. The number of ether oxygens (including phenoxy) is 1. The van der Waals surface area contributed by atoms with Crippen LogP contribution in [0.1, 0.15) is 41.9 Å². The van der Waals surface area contributed by atoms with Crippen molar-refractivity contribution in [2.24, 2.45) is 0 Å². The number of carbonyl (C=O) groups excluding carboxylic acids is 1. The smallest absolute Gasteiger partial charge is 0.292 e. The lowest BCUT2D eigenvalue weighted by molar-refractivity contribution is -0.0760. The summed E-state index contributed by atoms with van der Waals surface area (Å²) in [5.74, 6) is 0.300. The first kappa shape index (κ1) is 11.7. The Balaban J connectivity index is 1.79. The van der Waals surface area contributed by atoms with Gasteiger partial charge in [-0.3, -0.25) is 4.79 Å². The fourth-order valence-electron chi connectivity index (χ4n) is 2.95. The lowest BCUT2D eigenvalue weighted by Gasteiger charge is -2.43. The highest BCUT2D eigenvalue weighted by Gasteiger charge is 2.37. The van der Waals surface area contributed by atoms with Gasteiger partial charge in [-0.15, -0.1) is 0 Å². The number of aryl methyl sites for hydroxylation is 1. The molecular weight excluding hydrogens is 232 g/mol. The molecule has 0 bridgehead atoms. The van der Waals surface area contributed by atoms with E-state index in [-0.39, 0.29) is 18.1 Å². The molecule has 2 aliphatic rings. The number of carbonyl (C=O) groups is 1. The normalized spacial score (nSPS) is 27.9. The summed E-state index contributed by atoms with van der Waals surface area (Å²) in [6.07, 6.45) is 4.67. The Hall–Kier alpha value is -1.36. The van der Waals surface area contributed by atoms with Gasteiger partial charge < -0.3 is 14.2 Å². The Morgan fingerprint density at radius 1 is 1.44 bits per heavy atom. The van der Waals surface area contributed by atoms with Gasteiger partial charge >= 0.3 is 0 Å². The van der Waals surface area contributed by atoms with E-state index in [4.69, 9.17) is 9.26 Å². The molecule has 2 fully saturated rings. The monoisotopic (exact) mass is 250 g/mol. The quantitative estimate of drug-likeness (QED) is 0.762. The third-order valence-corrected chi connectivity index (χ3v) is 3.83. The highest BCUT2D eigenvalue weighted by atomic mass is 16.5. The molecule has 1 aromatic rings. The van der Waals surface area contributed by atoms with Crippen molar-refractivity contribution in [1.82, 2.24) is 10.1 Å². The van der Waals surface area contributed by atoms with Gasteiger partial charge in [0.1, 0.15) is 0 Å². The van der Waals surface area contributed by atoms with Crippen LogP contribution in [0.2, 0.25) is 0 Å². The molecule has 3 rings (SSSR count). The van der Waals surface area contributed by atoms with Crippen LogP contribution in [0.15, 0.2) is 10.6 Å². The van der Waals surface area contributed by atoms with Crippen LogP contribution in [0.3, 0.4) is 0 Å². The van der Waals surface area contributed by atoms with E-state index in [1.807, 2.05) is 11.8 Å². The minimum Gasteiger partial charge on any atom is -0.374 e.